The fourth-order valence-corrected chi connectivity index (χ4v) is 2.13. The highest BCUT2D eigenvalue weighted by Crippen LogP contribution is 2.37. The molecule has 1 heterocycles. The summed E-state index contributed by atoms with van der Waals surface area (Å²) in [7, 11) is 0. The van der Waals surface area contributed by atoms with Crippen molar-refractivity contribution < 1.29 is 14.7 Å². The largest absolute Gasteiger partial charge is 0.478 e. The Morgan fingerprint density at radius 3 is 2.87 bits per heavy atom. The molecule has 0 radical (unpaired) electrons. The third-order valence-electron chi connectivity index (χ3n) is 1.83. The molecule has 1 amide bonds. The summed E-state index contributed by atoms with van der Waals surface area (Å²) in [5.41, 5.74) is 0.718. The zero-order chi connectivity index (χ0) is 10.8. The molecule has 0 saturated heterocycles. The third kappa shape index (κ3) is 2.02. The number of hydrogen-bond acceptors (Lipinski definition) is 3. The van der Waals surface area contributed by atoms with Crippen LogP contribution in [0.5, 0.6) is 0 Å². The second-order valence-corrected chi connectivity index (χ2v) is 3.98. The second kappa shape index (κ2) is 3.78. The summed E-state index contributed by atoms with van der Waals surface area (Å²) in [5, 5.41) is 11.2. The van der Waals surface area contributed by atoms with E-state index in [1.54, 1.807) is 6.07 Å². The molecule has 1 aliphatic heterocycles. The highest BCUT2D eigenvalue weighted by molar-refractivity contribution is 8.04. The van der Waals surface area contributed by atoms with Gasteiger partial charge in [-0.2, -0.15) is 0 Å². The Morgan fingerprint density at radius 2 is 2.13 bits per heavy atom. The number of nitrogens with one attached hydrogen (secondary N) is 1. The lowest BCUT2D eigenvalue weighted by atomic mass is 10.3. The van der Waals surface area contributed by atoms with Gasteiger partial charge in [0.25, 0.3) is 5.91 Å². The van der Waals surface area contributed by atoms with Crippen LogP contribution in [0, 0.1) is 0 Å². The highest BCUT2D eigenvalue weighted by Gasteiger charge is 2.21. The zero-order valence-electron chi connectivity index (χ0n) is 7.56. The minimum absolute atomic E-state index is 0.196. The van der Waals surface area contributed by atoms with Crippen LogP contribution in [0.3, 0.4) is 0 Å². The molecule has 0 unspecified atom stereocenters. The predicted octanol–water partition coefficient (Wildman–Crippen LogP) is 1.70. The quantitative estimate of drug-likeness (QED) is 0.708. The van der Waals surface area contributed by atoms with Crippen LogP contribution < -0.4 is 5.32 Å². The standard InChI is InChI=1S/C10H7NO3S/c12-9(13)5-8-10(14)11-6-3-1-2-4-7(6)15-8/h1-5H,(H,11,14)(H,12,13)/b8-5+. The summed E-state index contributed by atoms with van der Waals surface area (Å²) in [5.74, 6) is -1.49. The van der Waals surface area contributed by atoms with Gasteiger partial charge in [-0.05, 0) is 12.1 Å². The minimum atomic E-state index is -1.12. The van der Waals surface area contributed by atoms with E-state index in [2.05, 4.69) is 5.32 Å². The number of rotatable bonds is 1. The molecule has 0 aliphatic carbocycles. The smallest absolute Gasteiger partial charge is 0.329 e. The summed E-state index contributed by atoms with van der Waals surface area (Å²) in [6, 6.07) is 7.25. The summed E-state index contributed by atoms with van der Waals surface area (Å²) in [6.45, 7) is 0. The monoisotopic (exact) mass is 221 g/mol. The number of thioether (sulfide) groups is 1. The van der Waals surface area contributed by atoms with E-state index in [0.717, 1.165) is 28.4 Å². The number of carboxylic acids is 1. The number of anilines is 1. The first-order chi connectivity index (χ1) is 7.16. The van der Waals surface area contributed by atoms with Crippen LogP contribution in [0.4, 0.5) is 5.69 Å². The number of aliphatic carboxylic acids is 1. The Labute approximate surface area is 90.0 Å². The van der Waals surface area contributed by atoms with E-state index in [9.17, 15) is 9.59 Å². The van der Waals surface area contributed by atoms with Crippen LogP contribution in [0.25, 0.3) is 0 Å². The van der Waals surface area contributed by atoms with Crippen molar-refractivity contribution in [2.45, 2.75) is 4.90 Å². The maximum absolute atomic E-state index is 11.4. The SMILES string of the molecule is O=C(O)/C=C1/Sc2ccccc2NC1=O. The molecule has 0 fully saturated rings. The van der Waals surface area contributed by atoms with Crippen molar-refractivity contribution in [1.29, 1.82) is 0 Å². The number of benzene rings is 1. The first-order valence-corrected chi connectivity index (χ1v) is 5.01. The normalized spacial score (nSPS) is 17.1. The van der Waals surface area contributed by atoms with Crippen LogP contribution >= 0.6 is 11.8 Å². The van der Waals surface area contributed by atoms with Crippen LogP contribution in [0.1, 0.15) is 0 Å². The van der Waals surface area contributed by atoms with E-state index in [0.29, 0.717) is 0 Å². The van der Waals surface area contributed by atoms with E-state index in [4.69, 9.17) is 5.11 Å². The van der Waals surface area contributed by atoms with Crippen molar-refractivity contribution in [2.24, 2.45) is 0 Å². The van der Waals surface area contributed by atoms with Crippen molar-refractivity contribution in [3.05, 3.63) is 35.2 Å². The molecule has 1 aliphatic rings. The fraction of sp³-hybridized carbons (Fsp3) is 0. The van der Waals surface area contributed by atoms with Crippen LogP contribution in [-0.4, -0.2) is 17.0 Å². The molecule has 0 bridgehead atoms. The maximum Gasteiger partial charge on any atom is 0.329 e. The van der Waals surface area contributed by atoms with Gasteiger partial charge in [-0.1, -0.05) is 23.9 Å². The van der Waals surface area contributed by atoms with Gasteiger partial charge < -0.3 is 10.4 Å². The molecular weight excluding hydrogens is 214 g/mol. The van der Waals surface area contributed by atoms with Gasteiger partial charge in [0, 0.05) is 11.0 Å². The number of fused-ring (bicyclic) bond motifs is 1. The average molecular weight is 221 g/mol. The number of amides is 1. The Balaban J connectivity index is 2.38. The van der Waals surface area contributed by atoms with Gasteiger partial charge in [0.15, 0.2) is 0 Å². The number of carbonyl (C=O) groups is 2. The Kier molecular flexibility index (Phi) is 2.47. The molecule has 0 saturated carbocycles. The maximum atomic E-state index is 11.4. The van der Waals surface area contributed by atoms with E-state index in [-0.39, 0.29) is 10.8 Å². The lowest BCUT2D eigenvalue weighted by Crippen LogP contribution is -2.18. The fourth-order valence-electron chi connectivity index (χ4n) is 1.21. The van der Waals surface area contributed by atoms with Crippen LogP contribution in [0.2, 0.25) is 0 Å². The van der Waals surface area contributed by atoms with Crippen LogP contribution in [0.15, 0.2) is 40.1 Å². The molecular formula is C10H7NO3S. The second-order valence-electron chi connectivity index (χ2n) is 2.90. The summed E-state index contributed by atoms with van der Waals surface area (Å²) >= 11 is 1.16. The number of para-hydroxylation sites is 1. The molecule has 5 heteroatoms. The van der Waals surface area contributed by atoms with Crippen molar-refractivity contribution in [2.75, 3.05) is 5.32 Å². The Hall–Kier alpha value is -1.75. The van der Waals surface area contributed by atoms with E-state index in [1.165, 1.54) is 0 Å². The number of carboxylic acid groups (broad SMARTS) is 1. The van der Waals surface area contributed by atoms with Crippen molar-refractivity contribution >= 4 is 29.3 Å². The molecule has 1 aromatic rings. The predicted molar refractivity (Wildman–Crippen MR) is 56.6 cm³/mol. The Bertz CT molecular complexity index is 467. The van der Waals surface area contributed by atoms with Crippen molar-refractivity contribution in [3.8, 4) is 0 Å². The first kappa shape index (κ1) is 9.79. The van der Waals surface area contributed by atoms with Crippen LogP contribution in [-0.2, 0) is 9.59 Å². The van der Waals surface area contributed by atoms with Gasteiger partial charge in [-0.25, -0.2) is 4.79 Å². The lowest BCUT2D eigenvalue weighted by Gasteiger charge is -2.17. The van der Waals surface area contributed by atoms with Gasteiger partial charge in [0.05, 0.1) is 10.6 Å². The Morgan fingerprint density at radius 1 is 1.40 bits per heavy atom. The van der Waals surface area contributed by atoms with E-state index >= 15 is 0 Å². The average Bonchev–Trinajstić information content (AvgIpc) is 2.18. The molecule has 76 valence electrons. The topological polar surface area (TPSA) is 66.4 Å². The highest BCUT2D eigenvalue weighted by atomic mass is 32.2. The van der Waals surface area contributed by atoms with E-state index < -0.39 is 5.97 Å². The number of hydrogen-bond donors (Lipinski definition) is 2. The summed E-state index contributed by atoms with van der Waals surface area (Å²) in [4.78, 5) is 22.9. The summed E-state index contributed by atoms with van der Waals surface area (Å²) in [6.07, 6.45) is 0.913. The molecule has 15 heavy (non-hydrogen) atoms. The van der Waals surface area contributed by atoms with Crippen molar-refractivity contribution in [3.63, 3.8) is 0 Å². The molecule has 0 spiro atoms. The van der Waals surface area contributed by atoms with Gasteiger partial charge in [0.2, 0.25) is 0 Å². The van der Waals surface area contributed by atoms with Gasteiger partial charge in [0.1, 0.15) is 0 Å². The van der Waals surface area contributed by atoms with E-state index in [1.807, 2.05) is 18.2 Å². The minimum Gasteiger partial charge on any atom is -0.478 e. The molecule has 2 N–H and O–H groups in total. The van der Waals surface area contributed by atoms with Gasteiger partial charge >= 0.3 is 5.97 Å². The molecule has 1 aromatic carbocycles. The summed E-state index contributed by atoms with van der Waals surface area (Å²) < 4.78 is 0. The van der Waals surface area contributed by atoms with Gasteiger partial charge in [-0.15, -0.1) is 0 Å². The number of carbonyl (C=O) groups excluding carboxylic acids is 1. The molecule has 0 aromatic heterocycles. The lowest BCUT2D eigenvalue weighted by molar-refractivity contribution is -0.131. The molecule has 2 rings (SSSR count). The third-order valence-corrected chi connectivity index (χ3v) is 2.93. The first-order valence-electron chi connectivity index (χ1n) is 4.19. The molecule has 4 nitrogen and oxygen atoms in total. The zero-order valence-corrected chi connectivity index (χ0v) is 8.38. The van der Waals surface area contributed by atoms with Crippen molar-refractivity contribution in [1.82, 2.24) is 0 Å². The van der Waals surface area contributed by atoms with Gasteiger partial charge in [-0.3, -0.25) is 4.79 Å². The molecule has 0 atom stereocenters.